The van der Waals surface area contributed by atoms with Crippen LogP contribution in [-0.2, 0) is 11.3 Å². The smallest absolute Gasteiger partial charge is 0.450 e. The number of hydrogen-bond donors (Lipinski definition) is 2. The Hall–Kier alpha value is -3.62. The molecule has 4 rings (SSSR count). The number of hydrogen-bond acceptors (Lipinski definition) is 6. The lowest BCUT2D eigenvalue weighted by Crippen LogP contribution is -2.35. The topological polar surface area (TPSA) is 72.6 Å². The molecule has 9 heteroatoms. The number of benzene rings is 2. The Bertz CT molecular complexity index is 1100. The summed E-state index contributed by atoms with van der Waals surface area (Å²) in [5.74, 6) is -0.0889. The molecule has 0 amide bonds. The van der Waals surface area contributed by atoms with Crippen LogP contribution in [0.3, 0.4) is 0 Å². The van der Waals surface area contributed by atoms with Gasteiger partial charge in [0.2, 0.25) is 5.76 Å². The van der Waals surface area contributed by atoms with Crippen molar-refractivity contribution in [1.29, 1.82) is 0 Å². The number of nitrogen functional groups attached to an aromatic ring is 1. The summed E-state index contributed by atoms with van der Waals surface area (Å²) in [7, 11) is 1.52. The van der Waals surface area contributed by atoms with Gasteiger partial charge in [-0.3, -0.25) is 0 Å². The average molecular weight is 416 g/mol. The molecule has 1 unspecified atom stereocenters. The van der Waals surface area contributed by atoms with Crippen LogP contribution in [-0.4, -0.2) is 29.5 Å². The van der Waals surface area contributed by atoms with Gasteiger partial charge < -0.3 is 25.4 Å². The van der Waals surface area contributed by atoms with E-state index in [0.29, 0.717) is 22.8 Å². The predicted octanol–water partition coefficient (Wildman–Crippen LogP) is 4.46. The summed E-state index contributed by atoms with van der Waals surface area (Å²) < 4.78 is 50.4. The zero-order valence-corrected chi connectivity index (χ0v) is 16.0. The largest absolute Gasteiger partial charge is 0.496 e. The van der Waals surface area contributed by atoms with Crippen LogP contribution in [0.15, 0.2) is 66.6 Å². The molecule has 1 aliphatic rings. The number of aromatic nitrogens is 1. The minimum Gasteiger partial charge on any atom is -0.496 e. The number of fused-ring (bicyclic) bond motifs is 1. The molecule has 2 aromatic carbocycles. The maximum atomic E-state index is 13.3. The minimum absolute atomic E-state index is 0.160. The van der Waals surface area contributed by atoms with Crippen LogP contribution < -0.4 is 15.8 Å². The Morgan fingerprint density at radius 1 is 1.17 bits per heavy atom. The molecule has 0 spiro atoms. The quantitative estimate of drug-likeness (QED) is 0.640. The van der Waals surface area contributed by atoms with Gasteiger partial charge in [-0.15, -0.1) is 0 Å². The molecule has 0 fully saturated rings. The number of pyridine rings is 1. The van der Waals surface area contributed by atoms with Crippen molar-refractivity contribution in [3.8, 4) is 5.75 Å². The number of ether oxygens (including phenoxy) is 2. The van der Waals surface area contributed by atoms with Crippen molar-refractivity contribution < 1.29 is 22.6 Å². The Kier molecular flexibility index (Phi) is 5.03. The normalized spacial score (nSPS) is 16.3. The third kappa shape index (κ3) is 4.05. The SMILES string of the molecule is COc1ccccc1CN1C=C(C(F)(F)F)OC1Nc1ccc2nc(N)ccc2c1. The second kappa shape index (κ2) is 7.66. The van der Waals surface area contributed by atoms with E-state index in [9.17, 15) is 13.2 Å². The average Bonchev–Trinajstić information content (AvgIpc) is 3.11. The van der Waals surface area contributed by atoms with Crippen LogP contribution >= 0.6 is 0 Å². The van der Waals surface area contributed by atoms with Crippen molar-refractivity contribution in [1.82, 2.24) is 9.88 Å². The van der Waals surface area contributed by atoms with E-state index < -0.39 is 18.3 Å². The highest BCUT2D eigenvalue weighted by Crippen LogP contribution is 2.35. The zero-order chi connectivity index (χ0) is 21.3. The Morgan fingerprint density at radius 3 is 2.73 bits per heavy atom. The molecule has 0 bridgehead atoms. The van der Waals surface area contributed by atoms with Crippen molar-refractivity contribution in [2.75, 3.05) is 18.2 Å². The van der Waals surface area contributed by atoms with Crippen LogP contribution in [0.2, 0.25) is 0 Å². The van der Waals surface area contributed by atoms with Crippen molar-refractivity contribution in [2.24, 2.45) is 0 Å². The molecule has 30 heavy (non-hydrogen) atoms. The number of nitrogens with two attached hydrogens (primary N) is 1. The van der Waals surface area contributed by atoms with Gasteiger partial charge in [-0.25, -0.2) is 4.98 Å². The number of methoxy groups -OCH3 is 1. The molecule has 3 aromatic rings. The molecular formula is C21H19F3N4O2. The first-order valence-corrected chi connectivity index (χ1v) is 9.09. The zero-order valence-electron chi connectivity index (χ0n) is 16.0. The van der Waals surface area contributed by atoms with E-state index in [4.69, 9.17) is 15.2 Å². The molecule has 0 saturated carbocycles. The summed E-state index contributed by atoms with van der Waals surface area (Å²) in [5, 5.41) is 3.81. The molecule has 156 valence electrons. The molecule has 0 aliphatic carbocycles. The van der Waals surface area contributed by atoms with Crippen molar-refractivity contribution in [3.05, 3.63) is 72.1 Å². The second-order valence-corrected chi connectivity index (χ2v) is 6.73. The van der Waals surface area contributed by atoms with E-state index in [1.165, 1.54) is 12.0 Å². The van der Waals surface area contributed by atoms with Gasteiger partial charge in [0, 0.05) is 16.6 Å². The number of allylic oxidation sites excluding steroid dienone is 1. The van der Waals surface area contributed by atoms with E-state index in [1.54, 1.807) is 54.6 Å². The second-order valence-electron chi connectivity index (χ2n) is 6.73. The maximum Gasteiger partial charge on any atom is 0.450 e. The fourth-order valence-corrected chi connectivity index (χ4v) is 3.22. The molecule has 1 atom stereocenters. The van der Waals surface area contributed by atoms with Gasteiger partial charge in [0.05, 0.1) is 25.4 Å². The Labute approximate surface area is 170 Å². The highest BCUT2D eigenvalue weighted by molar-refractivity contribution is 5.83. The number of nitrogens with zero attached hydrogens (tertiary/aromatic N) is 2. The van der Waals surface area contributed by atoms with Gasteiger partial charge in [0.25, 0.3) is 6.35 Å². The van der Waals surface area contributed by atoms with Gasteiger partial charge in [-0.2, -0.15) is 13.2 Å². The van der Waals surface area contributed by atoms with E-state index >= 15 is 0 Å². The van der Waals surface area contributed by atoms with Gasteiger partial charge in [-0.05, 0) is 36.4 Å². The third-order valence-corrected chi connectivity index (χ3v) is 4.65. The Balaban J connectivity index is 1.61. The van der Waals surface area contributed by atoms with Crippen LogP contribution in [0.25, 0.3) is 10.9 Å². The first-order valence-electron chi connectivity index (χ1n) is 9.09. The van der Waals surface area contributed by atoms with Gasteiger partial charge in [0.15, 0.2) is 0 Å². The van der Waals surface area contributed by atoms with E-state index in [2.05, 4.69) is 10.3 Å². The lowest BCUT2D eigenvalue weighted by atomic mass is 10.2. The number of halogens is 3. The molecule has 3 N–H and O–H groups in total. The van der Waals surface area contributed by atoms with Crippen molar-refractivity contribution in [3.63, 3.8) is 0 Å². The highest BCUT2D eigenvalue weighted by atomic mass is 19.4. The number of para-hydroxylation sites is 1. The maximum absolute atomic E-state index is 13.3. The molecule has 1 aliphatic heterocycles. The summed E-state index contributed by atoms with van der Waals surface area (Å²) in [6.07, 6.45) is -4.68. The summed E-state index contributed by atoms with van der Waals surface area (Å²) in [6.45, 7) is 0.160. The molecular weight excluding hydrogens is 397 g/mol. The molecule has 0 radical (unpaired) electrons. The van der Waals surface area contributed by atoms with Crippen LogP contribution in [0.4, 0.5) is 24.7 Å². The van der Waals surface area contributed by atoms with E-state index in [1.807, 2.05) is 0 Å². The van der Waals surface area contributed by atoms with Crippen LogP contribution in [0, 0.1) is 0 Å². The molecule has 2 heterocycles. The van der Waals surface area contributed by atoms with Gasteiger partial charge in [-0.1, -0.05) is 18.2 Å². The number of alkyl halides is 3. The van der Waals surface area contributed by atoms with E-state index in [-0.39, 0.29) is 6.54 Å². The fourth-order valence-electron chi connectivity index (χ4n) is 3.22. The van der Waals surface area contributed by atoms with Gasteiger partial charge >= 0.3 is 6.18 Å². The van der Waals surface area contributed by atoms with E-state index in [0.717, 1.165) is 17.1 Å². The number of nitrogens with one attached hydrogen (secondary N) is 1. The number of anilines is 2. The van der Waals surface area contributed by atoms with Gasteiger partial charge in [0.1, 0.15) is 11.6 Å². The summed E-state index contributed by atoms with van der Waals surface area (Å²) in [6, 6.07) is 15.8. The van der Waals surface area contributed by atoms with Crippen LogP contribution in [0.5, 0.6) is 5.75 Å². The highest BCUT2D eigenvalue weighted by Gasteiger charge is 2.43. The first-order chi connectivity index (χ1) is 14.3. The van der Waals surface area contributed by atoms with Crippen LogP contribution in [0.1, 0.15) is 5.56 Å². The lowest BCUT2D eigenvalue weighted by Gasteiger charge is -2.26. The number of rotatable bonds is 5. The van der Waals surface area contributed by atoms with Crippen molar-refractivity contribution in [2.45, 2.75) is 19.1 Å². The first kappa shape index (κ1) is 19.7. The minimum atomic E-state index is -4.60. The summed E-state index contributed by atoms with van der Waals surface area (Å²) in [5.41, 5.74) is 7.69. The molecule has 0 saturated heterocycles. The lowest BCUT2D eigenvalue weighted by molar-refractivity contribution is -0.136. The monoisotopic (exact) mass is 416 g/mol. The summed E-state index contributed by atoms with van der Waals surface area (Å²) >= 11 is 0. The molecule has 1 aromatic heterocycles. The standard InChI is InChI=1S/C21H19F3N4O2/c1-29-17-5-3-2-4-14(17)11-28-12-18(21(22,23)24)30-20(28)26-15-7-8-16-13(10-15)6-9-19(25)27-16/h2-10,12,20,26H,11H2,1H3,(H2,25,27). The molecule has 6 nitrogen and oxygen atoms in total. The predicted molar refractivity (Wildman–Crippen MR) is 107 cm³/mol. The summed E-state index contributed by atoms with van der Waals surface area (Å²) in [4.78, 5) is 5.65. The van der Waals surface area contributed by atoms with Crippen molar-refractivity contribution >= 4 is 22.4 Å². The Morgan fingerprint density at radius 2 is 1.97 bits per heavy atom. The third-order valence-electron chi connectivity index (χ3n) is 4.65. The fraction of sp³-hybridized carbons (Fsp3) is 0.190.